The van der Waals surface area contributed by atoms with Crippen molar-refractivity contribution >= 4 is 33.8 Å². The molecular weight excluding hydrogens is 328 g/mol. The van der Waals surface area contributed by atoms with Crippen molar-refractivity contribution in [1.29, 1.82) is 0 Å². The summed E-state index contributed by atoms with van der Waals surface area (Å²) in [7, 11) is 0. The first-order valence-corrected chi connectivity index (χ1v) is 8.98. The second-order valence-electron chi connectivity index (χ2n) is 6.15. The van der Waals surface area contributed by atoms with Crippen LogP contribution in [0.1, 0.15) is 20.8 Å². The van der Waals surface area contributed by atoms with Crippen LogP contribution < -0.4 is 5.32 Å². The molecule has 0 unspecified atom stereocenters. The van der Waals surface area contributed by atoms with E-state index in [0.29, 0.717) is 4.88 Å². The number of hydrogen-bond acceptors (Lipinski definition) is 2. The zero-order valence-electron chi connectivity index (χ0n) is 14.1. The number of aromatic nitrogens is 1. The van der Waals surface area contributed by atoms with Gasteiger partial charge >= 0.3 is 0 Å². The number of para-hydroxylation sites is 1. The molecule has 0 spiro atoms. The number of aryl methyl sites for hydroxylation is 2. The van der Waals surface area contributed by atoms with E-state index in [4.69, 9.17) is 0 Å². The maximum Gasteiger partial charge on any atom is 0.265 e. The lowest BCUT2D eigenvalue weighted by molar-refractivity contribution is 0.103. The summed E-state index contributed by atoms with van der Waals surface area (Å²) in [5.74, 6) is -0.0681. The molecule has 0 aliphatic heterocycles. The van der Waals surface area contributed by atoms with Crippen molar-refractivity contribution in [2.24, 2.45) is 0 Å². The van der Waals surface area contributed by atoms with Crippen LogP contribution in [0.5, 0.6) is 0 Å². The third-order valence-electron chi connectivity index (χ3n) is 4.29. The predicted octanol–water partition coefficient (Wildman–Crippen LogP) is 5.56. The highest BCUT2D eigenvalue weighted by atomic mass is 32.1. The molecule has 0 atom stereocenters. The molecule has 0 radical (unpaired) electrons. The van der Waals surface area contributed by atoms with Crippen LogP contribution in [-0.2, 0) is 0 Å². The molecule has 0 bridgehead atoms. The first kappa shape index (κ1) is 15.7. The van der Waals surface area contributed by atoms with E-state index in [2.05, 4.69) is 28.1 Å². The van der Waals surface area contributed by atoms with Gasteiger partial charge in [-0.15, -0.1) is 11.3 Å². The second kappa shape index (κ2) is 6.22. The number of hydrogen-bond donors (Lipinski definition) is 1. The number of thiophene rings is 1. The summed E-state index contributed by atoms with van der Waals surface area (Å²) >= 11 is 1.49. The fraction of sp³-hybridized carbons (Fsp3) is 0.0952. The number of rotatable bonds is 3. The van der Waals surface area contributed by atoms with Gasteiger partial charge in [-0.05, 0) is 60.7 Å². The van der Waals surface area contributed by atoms with E-state index in [1.807, 2.05) is 62.5 Å². The van der Waals surface area contributed by atoms with Gasteiger partial charge in [-0.2, -0.15) is 0 Å². The molecule has 0 aliphatic rings. The van der Waals surface area contributed by atoms with Gasteiger partial charge in [0, 0.05) is 11.9 Å². The van der Waals surface area contributed by atoms with Crippen molar-refractivity contribution in [3.63, 3.8) is 0 Å². The van der Waals surface area contributed by atoms with Gasteiger partial charge < -0.3 is 9.88 Å². The standard InChI is InChI=1S/C21H18N2OS/c1-14-7-8-15(2)17(13-14)22-21(24)19-9-10-20(25-19)23-12-11-16-5-3-4-6-18(16)23/h3-13H,1-2H3,(H,22,24). The van der Waals surface area contributed by atoms with E-state index < -0.39 is 0 Å². The van der Waals surface area contributed by atoms with Crippen molar-refractivity contribution in [1.82, 2.24) is 4.57 Å². The zero-order chi connectivity index (χ0) is 17.4. The molecule has 1 amide bonds. The molecule has 0 fully saturated rings. The first-order valence-electron chi connectivity index (χ1n) is 8.17. The molecule has 2 heterocycles. The molecule has 3 nitrogen and oxygen atoms in total. The third-order valence-corrected chi connectivity index (χ3v) is 5.38. The van der Waals surface area contributed by atoms with Crippen LogP contribution in [0.15, 0.2) is 66.9 Å². The molecule has 1 N–H and O–H groups in total. The van der Waals surface area contributed by atoms with E-state index in [1.165, 1.54) is 16.7 Å². The molecule has 4 aromatic rings. The molecule has 4 heteroatoms. The van der Waals surface area contributed by atoms with Gasteiger partial charge in [0.15, 0.2) is 0 Å². The smallest absolute Gasteiger partial charge is 0.265 e. The summed E-state index contributed by atoms with van der Waals surface area (Å²) in [6.07, 6.45) is 2.04. The molecule has 0 aliphatic carbocycles. The molecule has 4 rings (SSSR count). The molecule has 2 aromatic heterocycles. The van der Waals surface area contributed by atoms with Crippen molar-refractivity contribution in [2.45, 2.75) is 13.8 Å². The van der Waals surface area contributed by atoms with Gasteiger partial charge in [0.25, 0.3) is 5.91 Å². The lowest BCUT2D eigenvalue weighted by atomic mass is 10.1. The number of anilines is 1. The maximum atomic E-state index is 12.6. The van der Waals surface area contributed by atoms with E-state index in [1.54, 1.807) is 0 Å². The van der Waals surface area contributed by atoms with E-state index in [9.17, 15) is 4.79 Å². The molecule has 124 valence electrons. The Morgan fingerprint density at radius 3 is 2.72 bits per heavy atom. The average molecular weight is 346 g/mol. The van der Waals surface area contributed by atoms with E-state index in [-0.39, 0.29) is 5.91 Å². The summed E-state index contributed by atoms with van der Waals surface area (Å²) in [5, 5.41) is 5.25. The SMILES string of the molecule is Cc1ccc(C)c(NC(=O)c2ccc(-n3ccc4ccccc43)s2)c1. The molecule has 0 saturated heterocycles. The summed E-state index contributed by atoms with van der Waals surface area (Å²) in [6.45, 7) is 4.02. The average Bonchev–Trinajstić information content (AvgIpc) is 3.24. The highest BCUT2D eigenvalue weighted by Gasteiger charge is 2.12. The van der Waals surface area contributed by atoms with Crippen molar-refractivity contribution < 1.29 is 4.79 Å². The topological polar surface area (TPSA) is 34.0 Å². The quantitative estimate of drug-likeness (QED) is 0.517. The van der Waals surface area contributed by atoms with Crippen LogP contribution in [0.2, 0.25) is 0 Å². The van der Waals surface area contributed by atoms with Crippen LogP contribution in [0.4, 0.5) is 5.69 Å². The fourth-order valence-electron chi connectivity index (χ4n) is 2.91. The third kappa shape index (κ3) is 2.96. The zero-order valence-corrected chi connectivity index (χ0v) is 14.9. The summed E-state index contributed by atoms with van der Waals surface area (Å²) < 4.78 is 2.12. The van der Waals surface area contributed by atoms with Crippen LogP contribution >= 0.6 is 11.3 Å². The number of benzene rings is 2. The number of fused-ring (bicyclic) bond motifs is 1. The van der Waals surface area contributed by atoms with Gasteiger partial charge in [0.2, 0.25) is 0 Å². The molecule has 0 saturated carbocycles. The van der Waals surface area contributed by atoms with Gasteiger partial charge in [-0.25, -0.2) is 0 Å². The number of amides is 1. The normalized spacial score (nSPS) is 11.0. The van der Waals surface area contributed by atoms with Gasteiger partial charge in [0.05, 0.1) is 10.4 Å². The van der Waals surface area contributed by atoms with Crippen molar-refractivity contribution in [3.8, 4) is 5.00 Å². The van der Waals surface area contributed by atoms with Crippen LogP contribution in [0, 0.1) is 13.8 Å². The Labute approximate surface area is 150 Å². The minimum atomic E-state index is -0.0681. The van der Waals surface area contributed by atoms with Crippen LogP contribution in [0.25, 0.3) is 15.9 Å². The number of nitrogens with one attached hydrogen (secondary N) is 1. The highest BCUT2D eigenvalue weighted by molar-refractivity contribution is 7.16. The minimum Gasteiger partial charge on any atom is -0.321 e. The number of carbonyl (C=O) groups is 1. The minimum absolute atomic E-state index is 0.0681. The lowest BCUT2D eigenvalue weighted by Crippen LogP contribution is -2.11. The van der Waals surface area contributed by atoms with Crippen LogP contribution in [0.3, 0.4) is 0 Å². The van der Waals surface area contributed by atoms with E-state index in [0.717, 1.165) is 27.3 Å². The fourth-order valence-corrected chi connectivity index (χ4v) is 3.81. The Morgan fingerprint density at radius 1 is 1.00 bits per heavy atom. The van der Waals surface area contributed by atoms with Gasteiger partial charge in [-0.3, -0.25) is 4.79 Å². The molecule has 2 aromatic carbocycles. The predicted molar refractivity (Wildman–Crippen MR) is 105 cm³/mol. The Hall–Kier alpha value is -2.85. The summed E-state index contributed by atoms with van der Waals surface area (Å²) in [5.41, 5.74) is 4.20. The van der Waals surface area contributed by atoms with Crippen molar-refractivity contribution in [2.75, 3.05) is 5.32 Å². The Morgan fingerprint density at radius 2 is 1.84 bits per heavy atom. The number of carbonyl (C=O) groups excluding carboxylic acids is 1. The highest BCUT2D eigenvalue weighted by Crippen LogP contribution is 2.27. The lowest BCUT2D eigenvalue weighted by Gasteiger charge is -2.08. The summed E-state index contributed by atoms with van der Waals surface area (Å²) in [6, 6.07) is 20.3. The largest absolute Gasteiger partial charge is 0.321 e. The molecule has 25 heavy (non-hydrogen) atoms. The number of nitrogens with zero attached hydrogens (tertiary/aromatic N) is 1. The van der Waals surface area contributed by atoms with Gasteiger partial charge in [0.1, 0.15) is 5.00 Å². The van der Waals surface area contributed by atoms with Crippen LogP contribution in [-0.4, -0.2) is 10.5 Å². The van der Waals surface area contributed by atoms with Crippen molar-refractivity contribution in [3.05, 3.63) is 82.9 Å². The van der Waals surface area contributed by atoms with Gasteiger partial charge in [-0.1, -0.05) is 30.3 Å². The maximum absolute atomic E-state index is 12.6. The Bertz CT molecular complexity index is 1070. The monoisotopic (exact) mass is 346 g/mol. The molecular formula is C21H18N2OS. The first-order chi connectivity index (χ1) is 12.1. The Kier molecular flexibility index (Phi) is 3.90. The second-order valence-corrected chi connectivity index (χ2v) is 7.22. The van der Waals surface area contributed by atoms with E-state index >= 15 is 0 Å². The Balaban J connectivity index is 1.62. The summed E-state index contributed by atoms with van der Waals surface area (Å²) in [4.78, 5) is 13.3.